The van der Waals surface area contributed by atoms with Crippen LogP contribution in [0.15, 0.2) is 22.8 Å². The zero-order chi connectivity index (χ0) is 13.2. The van der Waals surface area contributed by atoms with Crippen LogP contribution in [-0.4, -0.2) is 29.6 Å². The molecule has 1 aromatic heterocycles. The van der Waals surface area contributed by atoms with Gasteiger partial charge in [-0.2, -0.15) is 0 Å². The number of furan rings is 1. The third-order valence-electron chi connectivity index (χ3n) is 4.87. The Balaban J connectivity index is 1.66. The average Bonchev–Trinajstić information content (AvgIpc) is 3.03. The van der Waals surface area contributed by atoms with E-state index in [0.717, 1.165) is 30.4 Å². The van der Waals surface area contributed by atoms with E-state index in [1.165, 1.54) is 32.1 Å². The lowest BCUT2D eigenvalue weighted by atomic mass is 9.95. The molecule has 0 radical (unpaired) electrons. The lowest BCUT2D eigenvalue weighted by Crippen LogP contribution is -2.49. The van der Waals surface area contributed by atoms with Gasteiger partial charge in [-0.3, -0.25) is 4.90 Å². The van der Waals surface area contributed by atoms with Crippen LogP contribution in [-0.2, 0) is 0 Å². The maximum Gasteiger partial charge on any atom is 0.120 e. The van der Waals surface area contributed by atoms with Crippen molar-refractivity contribution in [2.24, 2.45) is 0 Å². The van der Waals surface area contributed by atoms with Crippen LogP contribution in [0.25, 0.3) is 0 Å². The third-order valence-corrected chi connectivity index (χ3v) is 4.87. The summed E-state index contributed by atoms with van der Waals surface area (Å²) in [5, 5.41) is 3.72. The smallest absolute Gasteiger partial charge is 0.120 e. The van der Waals surface area contributed by atoms with Crippen LogP contribution in [0, 0.1) is 0 Å². The average molecular weight is 262 g/mol. The molecule has 0 saturated carbocycles. The molecule has 3 heteroatoms. The van der Waals surface area contributed by atoms with Gasteiger partial charge < -0.3 is 9.73 Å². The van der Waals surface area contributed by atoms with Crippen molar-refractivity contribution in [2.45, 2.75) is 70.1 Å². The van der Waals surface area contributed by atoms with Crippen molar-refractivity contribution in [3.8, 4) is 0 Å². The second kappa shape index (κ2) is 5.68. The number of nitrogens with zero attached hydrogens (tertiary/aromatic N) is 1. The highest BCUT2D eigenvalue weighted by Gasteiger charge is 2.43. The van der Waals surface area contributed by atoms with E-state index >= 15 is 0 Å². The fourth-order valence-corrected chi connectivity index (χ4v) is 4.04. The van der Waals surface area contributed by atoms with Gasteiger partial charge in [-0.1, -0.05) is 6.92 Å². The summed E-state index contributed by atoms with van der Waals surface area (Å²) in [5.41, 5.74) is 0. The summed E-state index contributed by atoms with van der Waals surface area (Å²) in [6.45, 7) is 5.71. The molecule has 19 heavy (non-hydrogen) atoms. The summed E-state index contributed by atoms with van der Waals surface area (Å²) < 4.78 is 5.61. The van der Waals surface area contributed by atoms with Gasteiger partial charge >= 0.3 is 0 Å². The summed E-state index contributed by atoms with van der Waals surface area (Å²) in [6.07, 6.45) is 8.37. The Morgan fingerprint density at radius 1 is 1.37 bits per heavy atom. The zero-order valence-electron chi connectivity index (χ0n) is 12.1. The number of fused-ring (bicyclic) bond motifs is 2. The topological polar surface area (TPSA) is 28.4 Å². The van der Waals surface area contributed by atoms with Gasteiger partial charge in [-0.25, -0.2) is 0 Å². The molecule has 0 spiro atoms. The first-order valence-electron chi connectivity index (χ1n) is 7.83. The predicted octanol–water partition coefficient (Wildman–Crippen LogP) is 3.34. The molecule has 1 aromatic rings. The van der Waals surface area contributed by atoms with Crippen molar-refractivity contribution >= 4 is 0 Å². The molecule has 3 rings (SSSR count). The molecule has 1 N–H and O–H groups in total. The highest BCUT2D eigenvalue weighted by Crippen LogP contribution is 2.41. The molecule has 3 unspecified atom stereocenters. The first kappa shape index (κ1) is 13.2. The lowest BCUT2D eigenvalue weighted by molar-refractivity contribution is 0.0673. The lowest BCUT2D eigenvalue weighted by Gasteiger charge is -2.42. The Hall–Kier alpha value is -0.800. The summed E-state index contributed by atoms with van der Waals surface area (Å²) >= 11 is 0. The molecular weight excluding hydrogens is 236 g/mol. The molecule has 0 aliphatic carbocycles. The van der Waals surface area contributed by atoms with Crippen molar-refractivity contribution < 1.29 is 4.42 Å². The van der Waals surface area contributed by atoms with Crippen molar-refractivity contribution in [1.29, 1.82) is 0 Å². The normalized spacial score (nSPS) is 32.6. The second-order valence-corrected chi connectivity index (χ2v) is 6.15. The highest BCUT2D eigenvalue weighted by molar-refractivity contribution is 5.08. The van der Waals surface area contributed by atoms with Crippen molar-refractivity contribution in [1.82, 2.24) is 10.2 Å². The van der Waals surface area contributed by atoms with Gasteiger partial charge in [0.2, 0.25) is 0 Å². The van der Waals surface area contributed by atoms with Gasteiger partial charge in [0.25, 0.3) is 0 Å². The number of hydrogen-bond acceptors (Lipinski definition) is 3. The maximum atomic E-state index is 5.61. The van der Waals surface area contributed by atoms with Gasteiger partial charge in [0.15, 0.2) is 0 Å². The van der Waals surface area contributed by atoms with E-state index in [1.54, 1.807) is 6.26 Å². The van der Waals surface area contributed by atoms with E-state index in [-0.39, 0.29) is 0 Å². The van der Waals surface area contributed by atoms with Gasteiger partial charge in [0, 0.05) is 18.1 Å². The summed E-state index contributed by atoms with van der Waals surface area (Å²) in [7, 11) is 0. The second-order valence-electron chi connectivity index (χ2n) is 6.15. The molecule has 0 amide bonds. The fraction of sp³-hybridized carbons (Fsp3) is 0.750. The van der Waals surface area contributed by atoms with E-state index in [1.807, 2.05) is 6.07 Å². The molecule has 106 valence electrons. The van der Waals surface area contributed by atoms with Gasteiger partial charge in [-0.05, 0) is 57.7 Å². The number of rotatable bonds is 5. The minimum Gasteiger partial charge on any atom is -0.468 e. The molecule has 3 nitrogen and oxygen atoms in total. The first-order valence-corrected chi connectivity index (χ1v) is 7.83. The van der Waals surface area contributed by atoms with E-state index in [9.17, 15) is 0 Å². The number of nitrogens with one attached hydrogen (secondary N) is 1. The van der Waals surface area contributed by atoms with Gasteiger partial charge in [-0.15, -0.1) is 0 Å². The molecular formula is C16H26N2O. The van der Waals surface area contributed by atoms with E-state index in [2.05, 4.69) is 30.1 Å². The molecule has 3 atom stereocenters. The number of piperidine rings is 1. The minimum atomic E-state index is 0.430. The predicted molar refractivity (Wildman–Crippen MR) is 77.1 cm³/mol. The fourth-order valence-electron chi connectivity index (χ4n) is 4.04. The van der Waals surface area contributed by atoms with Crippen molar-refractivity contribution in [2.75, 3.05) is 6.54 Å². The third kappa shape index (κ3) is 2.59. The Bertz CT molecular complexity index is 375. The first-order chi connectivity index (χ1) is 9.29. The summed E-state index contributed by atoms with van der Waals surface area (Å²) in [4.78, 5) is 2.71. The molecule has 0 aromatic carbocycles. The van der Waals surface area contributed by atoms with Crippen LogP contribution >= 0.6 is 0 Å². The van der Waals surface area contributed by atoms with E-state index in [4.69, 9.17) is 4.42 Å². The van der Waals surface area contributed by atoms with E-state index in [0.29, 0.717) is 6.04 Å². The maximum absolute atomic E-state index is 5.61. The molecule has 2 bridgehead atoms. The van der Waals surface area contributed by atoms with Gasteiger partial charge in [0.05, 0.1) is 12.3 Å². The van der Waals surface area contributed by atoms with Crippen LogP contribution in [0.1, 0.15) is 57.8 Å². The van der Waals surface area contributed by atoms with Crippen molar-refractivity contribution in [3.05, 3.63) is 24.2 Å². The largest absolute Gasteiger partial charge is 0.468 e. The van der Waals surface area contributed by atoms with E-state index < -0.39 is 0 Å². The molecule has 3 heterocycles. The summed E-state index contributed by atoms with van der Waals surface area (Å²) in [6, 6.07) is 6.77. The SMILES string of the molecule is CCCNC1CC2CCC(C1)N2C(C)c1ccco1. The van der Waals surface area contributed by atoms with Crippen LogP contribution in [0.3, 0.4) is 0 Å². The zero-order valence-corrected chi connectivity index (χ0v) is 12.1. The Morgan fingerprint density at radius 3 is 2.68 bits per heavy atom. The monoisotopic (exact) mass is 262 g/mol. The van der Waals surface area contributed by atoms with Crippen LogP contribution in [0.4, 0.5) is 0 Å². The van der Waals surface area contributed by atoms with Crippen LogP contribution in [0.2, 0.25) is 0 Å². The Labute approximate surface area is 116 Å². The van der Waals surface area contributed by atoms with Crippen LogP contribution < -0.4 is 5.32 Å². The number of hydrogen-bond donors (Lipinski definition) is 1. The highest BCUT2D eigenvalue weighted by atomic mass is 16.3. The Morgan fingerprint density at radius 2 is 2.11 bits per heavy atom. The molecule has 2 aliphatic rings. The van der Waals surface area contributed by atoms with Gasteiger partial charge in [0.1, 0.15) is 5.76 Å². The minimum absolute atomic E-state index is 0.430. The molecule has 2 aliphatic heterocycles. The molecule has 2 fully saturated rings. The Kier molecular flexibility index (Phi) is 3.94. The summed E-state index contributed by atoms with van der Waals surface area (Å²) in [5.74, 6) is 1.12. The standard InChI is InChI=1S/C16H26N2O/c1-3-8-17-13-10-14-6-7-15(11-13)18(14)12(2)16-5-4-9-19-16/h4-5,9,12-15,17H,3,6-8,10-11H2,1-2H3. The van der Waals surface area contributed by atoms with Crippen molar-refractivity contribution in [3.63, 3.8) is 0 Å². The van der Waals surface area contributed by atoms with Crippen LogP contribution in [0.5, 0.6) is 0 Å². The molecule has 2 saturated heterocycles. The quantitative estimate of drug-likeness (QED) is 0.882.